The summed E-state index contributed by atoms with van der Waals surface area (Å²) in [6.07, 6.45) is 2.06. The molecule has 1 aliphatic rings. The number of carbonyl (C=O) groups excluding carboxylic acids is 1. The van der Waals surface area contributed by atoms with Crippen LogP contribution in [-0.2, 0) is 4.79 Å². The molecule has 1 amide bonds. The molecule has 2 N–H and O–H groups in total. The minimum atomic E-state index is -0.235. The highest BCUT2D eigenvalue weighted by Gasteiger charge is 2.35. The van der Waals surface area contributed by atoms with Crippen LogP contribution in [-0.4, -0.2) is 50.1 Å². The fourth-order valence-electron chi connectivity index (χ4n) is 1.92. The van der Waals surface area contributed by atoms with Crippen molar-refractivity contribution >= 4 is 30.7 Å². The molecule has 1 unspecified atom stereocenters. The van der Waals surface area contributed by atoms with Crippen molar-refractivity contribution in [3.05, 3.63) is 0 Å². The number of piperidine rings is 1. The van der Waals surface area contributed by atoms with E-state index in [4.69, 9.17) is 0 Å². The number of nitrogens with zero attached hydrogens (tertiary/aromatic N) is 1. The van der Waals surface area contributed by atoms with Crippen molar-refractivity contribution < 1.29 is 4.79 Å². The van der Waals surface area contributed by atoms with Crippen LogP contribution in [0.2, 0.25) is 0 Å². The minimum Gasteiger partial charge on any atom is -0.354 e. The molecule has 6 heteroatoms. The van der Waals surface area contributed by atoms with Crippen LogP contribution in [0.3, 0.4) is 0 Å². The van der Waals surface area contributed by atoms with Crippen LogP contribution in [0.5, 0.6) is 0 Å². The fraction of sp³-hybridized carbons (Fsp3) is 0.923. The van der Waals surface area contributed by atoms with E-state index in [0.29, 0.717) is 6.54 Å². The van der Waals surface area contributed by atoms with Gasteiger partial charge in [-0.3, -0.25) is 4.79 Å². The van der Waals surface area contributed by atoms with Crippen LogP contribution in [0.25, 0.3) is 0 Å². The van der Waals surface area contributed by atoms with Crippen LogP contribution >= 0.6 is 24.8 Å². The molecule has 1 heterocycles. The first-order chi connectivity index (χ1) is 7.78. The van der Waals surface area contributed by atoms with E-state index < -0.39 is 0 Å². The third-order valence-corrected chi connectivity index (χ3v) is 4.04. The van der Waals surface area contributed by atoms with E-state index >= 15 is 0 Å². The molecule has 116 valence electrons. The second-order valence-electron chi connectivity index (χ2n) is 6.23. The smallest absolute Gasteiger partial charge is 0.227 e. The molecule has 1 rings (SSSR count). The topological polar surface area (TPSA) is 44.4 Å². The van der Waals surface area contributed by atoms with Gasteiger partial charge in [-0.1, -0.05) is 0 Å². The molecule has 4 nitrogen and oxygen atoms in total. The minimum absolute atomic E-state index is 0. The third kappa shape index (κ3) is 5.86. The maximum atomic E-state index is 12.2. The number of hydrogen-bond donors (Lipinski definition) is 2. The van der Waals surface area contributed by atoms with Gasteiger partial charge in [-0.15, -0.1) is 24.8 Å². The van der Waals surface area contributed by atoms with E-state index in [0.717, 1.165) is 25.9 Å². The first-order valence-corrected chi connectivity index (χ1v) is 6.44. The SMILES string of the molecule is CN(C)C(C)(C)CNC(=O)C1(C)CCCNC1.Cl.Cl. The highest BCUT2D eigenvalue weighted by Crippen LogP contribution is 2.25. The van der Waals surface area contributed by atoms with Gasteiger partial charge in [-0.25, -0.2) is 0 Å². The zero-order valence-electron chi connectivity index (χ0n) is 12.7. The van der Waals surface area contributed by atoms with Gasteiger partial charge in [0.1, 0.15) is 0 Å². The molecule has 1 fully saturated rings. The van der Waals surface area contributed by atoms with Crippen LogP contribution in [0.1, 0.15) is 33.6 Å². The van der Waals surface area contributed by atoms with Gasteiger partial charge in [0.15, 0.2) is 0 Å². The summed E-state index contributed by atoms with van der Waals surface area (Å²) >= 11 is 0. The largest absolute Gasteiger partial charge is 0.354 e. The number of likely N-dealkylation sites (N-methyl/N-ethyl adjacent to an activating group) is 1. The normalized spacial score (nSPS) is 23.3. The predicted molar refractivity (Wildman–Crippen MR) is 85.5 cm³/mol. The van der Waals surface area contributed by atoms with Crippen LogP contribution in [0.15, 0.2) is 0 Å². The Hall–Kier alpha value is -0.0300. The Bertz CT molecular complexity index is 277. The molecular formula is C13H29Cl2N3O. The average molecular weight is 314 g/mol. The van der Waals surface area contributed by atoms with E-state index in [1.165, 1.54) is 0 Å². The Balaban J connectivity index is 0. The molecule has 0 aromatic rings. The summed E-state index contributed by atoms with van der Waals surface area (Å²) < 4.78 is 0. The molecule has 0 aliphatic carbocycles. The Labute approximate surface area is 129 Å². The van der Waals surface area contributed by atoms with Gasteiger partial charge in [-0.05, 0) is 54.3 Å². The lowest BCUT2D eigenvalue weighted by molar-refractivity contribution is -0.131. The highest BCUT2D eigenvalue weighted by atomic mass is 35.5. The molecular weight excluding hydrogens is 285 g/mol. The molecule has 1 aliphatic heterocycles. The standard InChI is InChI=1S/C13H27N3O.2ClH/c1-12(2,16(4)5)9-15-11(17)13(3)7-6-8-14-10-13;;/h14H,6-10H2,1-5H3,(H,15,17);2*1H. The van der Waals surface area contributed by atoms with Crippen molar-refractivity contribution in [2.45, 2.75) is 39.2 Å². The van der Waals surface area contributed by atoms with Crippen molar-refractivity contribution in [3.63, 3.8) is 0 Å². The van der Waals surface area contributed by atoms with Crippen LogP contribution in [0.4, 0.5) is 0 Å². The van der Waals surface area contributed by atoms with Crippen molar-refractivity contribution in [2.75, 3.05) is 33.7 Å². The number of hydrogen-bond acceptors (Lipinski definition) is 3. The monoisotopic (exact) mass is 313 g/mol. The first-order valence-electron chi connectivity index (χ1n) is 6.44. The zero-order valence-corrected chi connectivity index (χ0v) is 14.3. The summed E-state index contributed by atoms with van der Waals surface area (Å²) in [7, 11) is 4.08. The molecule has 0 aromatic heterocycles. The maximum absolute atomic E-state index is 12.2. The second kappa shape index (κ2) is 8.30. The summed E-state index contributed by atoms with van der Waals surface area (Å²) in [5, 5.41) is 6.40. The van der Waals surface area contributed by atoms with E-state index in [1.807, 2.05) is 14.1 Å². The van der Waals surface area contributed by atoms with Crippen LogP contribution < -0.4 is 10.6 Å². The predicted octanol–water partition coefficient (Wildman–Crippen LogP) is 1.68. The zero-order chi connectivity index (χ0) is 13.1. The molecule has 0 spiro atoms. The lowest BCUT2D eigenvalue weighted by Gasteiger charge is -2.36. The van der Waals surface area contributed by atoms with Gasteiger partial charge in [0.2, 0.25) is 5.91 Å². The first kappa shape index (κ1) is 21.3. The van der Waals surface area contributed by atoms with Crippen molar-refractivity contribution in [1.29, 1.82) is 0 Å². The van der Waals surface area contributed by atoms with Gasteiger partial charge in [0, 0.05) is 18.6 Å². The molecule has 0 aromatic carbocycles. The van der Waals surface area contributed by atoms with E-state index in [2.05, 4.69) is 36.3 Å². The summed E-state index contributed by atoms with van der Waals surface area (Å²) in [6, 6.07) is 0. The van der Waals surface area contributed by atoms with Gasteiger partial charge in [0.25, 0.3) is 0 Å². The van der Waals surface area contributed by atoms with Gasteiger partial charge < -0.3 is 15.5 Å². The quantitative estimate of drug-likeness (QED) is 0.830. The molecule has 0 radical (unpaired) electrons. The van der Waals surface area contributed by atoms with E-state index in [1.54, 1.807) is 0 Å². The summed E-state index contributed by atoms with van der Waals surface area (Å²) in [4.78, 5) is 14.4. The van der Waals surface area contributed by atoms with Crippen LogP contribution in [0, 0.1) is 5.41 Å². The van der Waals surface area contributed by atoms with E-state index in [9.17, 15) is 4.79 Å². The fourth-order valence-corrected chi connectivity index (χ4v) is 1.92. The molecule has 0 saturated carbocycles. The van der Waals surface area contributed by atoms with Crippen molar-refractivity contribution in [1.82, 2.24) is 15.5 Å². The number of nitrogens with one attached hydrogen (secondary N) is 2. The number of carbonyl (C=O) groups is 1. The summed E-state index contributed by atoms with van der Waals surface area (Å²) in [5.41, 5.74) is -0.241. The van der Waals surface area contributed by atoms with E-state index in [-0.39, 0.29) is 41.7 Å². The Kier molecular flexibility index (Phi) is 9.29. The Morgan fingerprint density at radius 1 is 1.37 bits per heavy atom. The molecule has 19 heavy (non-hydrogen) atoms. The third-order valence-electron chi connectivity index (χ3n) is 4.04. The van der Waals surface area contributed by atoms with Crippen molar-refractivity contribution in [2.24, 2.45) is 5.41 Å². The van der Waals surface area contributed by atoms with Crippen molar-refractivity contribution in [3.8, 4) is 0 Å². The Morgan fingerprint density at radius 3 is 2.37 bits per heavy atom. The lowest BCUT2D eigenvalue weighted by Crippen LogP contribution is -2.54. The van der Waals surface area contributed by atoms with Gasteiger partial charge in [-0.2, -0.15) is 0 Å². The highest BCUT2D eigenvalue weighted by molar-refractivity contribution is 5.85. The summed E-state index contributed by atoms with van der Waals surface area (Å²) in [5.74, 6) is 0.180. The molecule has 0 bridgehead atoms. The molecule has 1 atom stereocenters. The Morgan fingerprint density at radius 2 is 1.95 bits per heavy atom. The summed E-state index contributed by atoms with van der Waals surface area (Å²) in [6.45, 7) is 8.84. The second-order valence-corrected chi connectivity index (χ2v) is 6.23. The number of rotatable bonds is 4. The van der Waals surface area contributed by atoms with Gasteiger partial charge in [0.05, 0.1) is 5.41 Å². The molecule has 1 saturated heterocycles. The average Bonchev–Trinajstić information content (AvgIpc) is 2.26. The number of halogens is 2. The lowest BCUT2D eigenvalue weighted by atomic mass is 9.81. The number of amides is 1. The van der Waals surface area contributed by atoms with Gasteiger partial charge >= 0.3 is 0 Å². The maximum Gasteiger partial charge on any atom is 0.227 e.